The van der Waals surface area contributed by atoms with Crippen LogP contribution < -0.4 is 0 Å². The first-order valence-corrected chi connectivity index (χ1v) is 3.57. The maximum Gasteiger partial charge on any atom is 0.0807 e. The molecule has 1 saturated heterocycles. The van der Waals surface area contributed by atoms with Gasteiger partial charge in [-0.05, 0) is 12.8 Å². The lowest BCUT2D eigenvalue weighted by molar-refractivity contribution is 0.295. The van der Waals surface area contributed by atoms with Gasteiger partial charge in [-0.15, -0.1) is 0 Å². The summed E-state index contributed by atoms with van der Waals surface area (Å²) < 4.78 is 4.86. The molecule has 1 fully saturated rings. The summed E-state index contributed by atoms with van der Waals surface area (Å²) in [6.45, 7) is 5.40. The highest BCUT2D eigenvalue weighted by atomic mass is 16.6. The second-order valence-electron chi connectivity index (χ2n) is 2.09. The molecule has 0 bridgehead atoms. The van der Waals surface area contributed by atoms with Crippen molar-refractivity contribution in [3.05, 3.63) is 0 Å². The minimum atomic E-state index is 0.319. The topological polar surface area (TPSA) is 32.8 Å². The van der Waals surface area contributed by atoms with Gasteiger partial charge >= 0.3 is 0 Å². The standard InChI is InChI=1S/C4H8O.C3H8O/c1-2-4-3-5-4;1-2-3-4/h4H,2-3H2,1H3;4H,2-3H2,1H3. The van der Waals surface area contributed by atoms with E-state index in [-0.39, 0.29) is 0 Å². The summed E-state index contributed by atoms with van der Waals surface area (Å²) in [5.74, 6) is 0. The third kappa shape index (κ3) is 7.92. The fourth-order valence-corrected chi connectivity index (χ4v) is 0.304. The lowest BCUT2D eigenvalue weighted by Crippen LogP contribution is -1.73. The predicted molar refractivity (Wildman–Crippen MR) is 37.4 cm³/mol. The Labute approximate surface area is 56.8 Å². The van der Waals surface area contributed by atoms with Crippen LogP contribution in [-0.2, 0) is 4.74 Å². The van der Waals surface area contributed by atoms with Crippen LogP contribution in [0.1, 0.15) is 26.7 Å². The van der Waals surface area contributed by atoms with Gasteiger partial charge in [0.25, 0.3) is 0 Å². The zero-order valence-electron chi connectivity index (χ0n) is 6.26. The molecular formula is C7H16O2. The van der Waals surface area contributed by atoms with Gasteiger partial charge in [-0.1, -0.05) is 13.8 Å². The number of rotatable bonds is 2. The fraction of sp³-hybridized carbons (Fsp3) is 1.00. The molecule has 0 aromatic rings. The number of epoxide rings is 1. The molecule has 56 valence electrons. The molecule has 2 nitrogen and oxygen atoms in total. The summed E-state index contributed by atoms with van der Waals surface area (Å²) in [5.41, 5.74) is 0. The Hall–Kier alpha value is -0.0800. The number of ether oxygens (including phenoxy) is 1. The summed E-state index contributed by atoms with van der Waals surface area (Å²) >= 11 is 0. The van der Waals surface area contributed by atoms with Gasteiger partial charge in [0, 0.05) is 6.61 Å². The lowest BCUT2D eigenvalue weighted by Gasteiger charge is -1.69. The molecule has 0 amide bonds. The second-order valence-corrected chi connectivity index (χ2v) is 2.09. The Morgan fingerprint density at radius 2 is 2.00 bits per heavy atom. The number of aliphatic hydroxyl groups excluding tert-OH is 1. The Kier molecular flexibility index (Phi) is 5.99. The number of hydrogen-bond acceptors (Lipinski definition) is 2. The first kappa shape index (κ1) is 8.92. The first-order valence-electron chi connectivity index (χ1n) is 3.57. The lowest BCUT2D eigenvalue weighted by atomic mass is 10.4. The summed E-state index contributed by atoms with van der Waals surface area (Å²) in [6, 6.07) is 0. The van der Waals surface area contributed by atoms with Crippen molar-refractivity contribution >= 4 is 0 Å². The molecule has 1 aliphatic rings. The fourth-order valence-electron chi connectivity index (χ4n) is 0.304. The van der Waals surface area contributed by atoms with Gasteiger partial charge in [0.1, 0.15) is 0 Å². The second kappa shape index (κ2) is 6.05. The highest BCUT2D eigenvalue weighted by molar-refractivity contribution is 4.64. The van der Waals surface area contributed by atoms with Crippen molar-refractivity contribution in [2.75, 3.05) is 13.2 Å². The van der Waals surface area contributed by atoms with Crippen LogP contribution in [0.3, 0.4) is 0 Å². The van der Waals surface area contributed by atoms with E-state index in [1.54, 1.807) is 0 Å². The summed E-state index contributed by atoms with van der Waals surface area (Å²) in [7, 11) is 0. The molecule has 2 heteroatoms. The van der Waals surface area contributed by atoms with Crippen LogP contribution in [0, 0.1) is 0 Å². The van der Waals surface area contributed by atoms with Crippen molar-refractivity contribution in [3.8, 4) is 0 Å². The minimum absolute atomic E-state index is 0.319. The summed E-state index contributed by atoms with van der Waals surface area (Å²) in [6.07, 6.45) is 2.70. The smallest absolute Gasteiger partial charge is 0.0807 e. The minimum Gasteiger partial charge on any atom is -0.396 e. The van der Waals surface area contributed by atoms with E-state index in [9.17, 15) is 0 Å². The van der Waals surface area contributed by atoms with E-state index in [0.717, 1.165) is 13.0 Å². The summed E-state index contributed by atoms with van der Waals surface area (Å²) in [5, 5.41) is 7.88. The van der Waals surface area contributed by atoms with Crippen LogP contribution in [0.5, 0.6) is 0 Å². The Bertz CT molecular complexity index is 48.9. The highest BCUT2D eigenvalue weighted by Crippen LogP contribution is 2.10. The van der Waals surface area contributed by atoms with E-state index < -0.39 is 0 Å². The molecule has 0 spiro atoms. The van der Waals surface area contributed by atoms with Crippen molar-refractivity contribution in [2.24, 2.45) is 0 Å². The Morgan fingerprint density at radius 1 is 1.56 bits per heavy atom. The Morgan fingerprint density at radius 3 is 2.00 bits per heavy atom. The van der Waals surface area contributed by atoms with Gasteiger partial charge < -0.3 is 9.84 Å². The van der Waals surface area contributed by atoms with Gasteiger partial charge in [0.05, 0.1) is 12.7 Å². The number of aliphatic hydroxyl groups is 1. The molecule has 0 radical (unpaired) electrons. The monoisotopic (exact) mass is 132 g/mol. The van der Waals surface area contributed by atoms with Crippen molar-refractivity contribution in [1.82, 2.24) is 0 Å². The van der Waals surface area contributed by atoms with E-state index in [1.807, 2.05) is 6.92 Å². The third-order valence-corrected chi connectivity index (χ3v) is 1.08. The van der Waals surface area contributed by atoms with Crippen molar-refractivity contribution in [2.45, 2.75) is 32.8 Å². The van der Waals surface area contributed by atoms with E-state index in [4.69, 9.17) is 9.84 Å². The van der Waals surface area contributed by atoms with E-state index in [1.165, 1.54) is 6.42 Å². The van der Waals surface area contributed by atoms with E-state index in [2.05, 4.69) is 6.92 Å². The van der Waals surface area contributed by atoms with Crippen molar-refractivity contribution in [3.63, 3.8) is 0 Å². The molecule has 1 atom stereocenters. The maximum atomic E-state index is 7.88. The van der Waals surface area contributed by atoms with Crippen LogP contribution in [0.2, 0.25) is 0 Å². The van der Waals surface area contributed by atoms with Gasteiger partial charge in [-0.25, -0.2) is 0 Å². The molecule has 0 aromatic heterocycles. The molecule has 0 aromatic carbocycles. The summed E-state index contributed by atoms with van der Waals surface area (Å²) in [4.78, 5) is 0. The van der Waals surface area contributed by atoms with Crippen LogP contribution in [0.25, 0.3) is 0 Å². The maximum absolute atomic E-state index is 7.88. The molecule has 1 unspecified atom stereocenters. The van der Waals surface area contributed by atoms with Gasteiger partial charge in [-0.3, -0.25) is 0 Å². The largest absolute Gasteiger partial charge is 0.396 e. The zero-order valence-corrected chi connectivity index (χ0v) is 6.26. The highest BCUT2D eigenvalue weighted by Gasteiger charge is 2.18. The quantitative estimate of drug-likeness (QED) is 0.572. The number of hydrogen-bond donors (Lipinski definition) is 1. The first-order chi connectivity index (χ1) is 4.35. The average molecular weight is 132 g/mol. The molecule has 9 heavy (non-hydrogen) atoms. The molecule has 1 rings (SSSR count). The Balaban J connectivity index is 0.000000148. The third-order valence-electron chi connectivity index (χ3n) is 1.08. The molecule has 0 aliphatic carbocycles. The van der Waals surface area contributed by atoms with Crippen molar-refractivity contribution in [1.29, 1.82) is 0 Å². The predicted octanol–water partition coefficient (Wildman–Crippen LogP) is 1.18. The molecule has 0 saturated carbocycles. The SMILES string of the molecule is CCC1CO1.CCCO. The van der Waals surface area contributed by atoms with E-state index >= 15 is 0 Å². The average Bonchev–Trinajstić information content (AvgIpc) is 2.70. The molecule has 1 heterocycles. The van der Waals surface area contributed by atoms with Crippen LogP contribution in [-0.4, -0.2) is 24.4 Å². The van der Waals surface area contributed by atoms with Gasteiger partial charge in [0.15, 0.2) is 0 Å². The molecular weight excluding hydrogens is 116 g/mol. The van der Waals surface area contributed by atoms with Crippen LogP contribution in [0.15, 0.2) is 0 Å². The van der Waals surface area contributed by atoms with Crippen LogP contribution in [0.4, 0.5) is 0 Å². The van der Waals surface area contributed by atoms with Crippen molar-refractivity contribution < 1.29 is 9.84 Å². The van der Waals surface area contributed by atoms with Crippen LogP contribution >= 0.6 is 0 Å². The zero-order chi connectivity index (χ0) is 7.11. The van der Waals surface area contributed by atoms with E-state index in [0.29, 0.717) is 12.7 Å². The van der Waals surface area contributed by atoms with Gasteiger partial charge in [-0.2, -0.15) is 0 Å². The molecule has 1 aliphatic heterocycles. The molecule has 1 N–H and O–H groups in total. The normalized spacial score (nSPS) is 22.3. The van der Waals surface area contributed by atoms with Gasteiger partial charge in [0.2, 0.25) is 0 Å².